The van der Waals surface area contributed by atoms with Crippen molar-refractivity contribution in [2.75, 3.05) is 29.9 Å². The SMILES string of the molecule is Cc1ccc(C2CCCN2CC(=O)N2CC(=O)Nc3ccccc32)cc1. The average Bonchev–Trinajstić information content (AvgIpc) is 3.09. The predicted molar refractivity (Wildman–Crippen MR) is 102 cm³/mol. The number of rotatable bonds is 3. The summed E-state index contributed by atoms with van der Waals surface area (Å²) >= 11 is 0. The first-order valence-electron chi connectivity index (χ1n) is 9.12. The van der Waals surface area contributed by atoms with Crippen LogP contribution in [0.25, 0.3) is 0 Å². The van der Waals surface area contributed by atoms with Gasteiger partial charge in [0.25, 0.3) is 0 Å². The number of anilines is 2. The van der Waals surface area contributed by atoms with Gasteiger partial charge in [0.1, 0.15) is 6.54 Å². The van der Waals surface area contributed by atoms with E-state index < -0.39 is 0 Å². The quantitative estimate of drug-likeness (QED) is 0.926. The maximum Gasteiger partial charge on any atom is 0.244 e. The number of amides is 2. The molecule has 1 atom stereocenters. The molecule has 2 amide bonds. The standard InChI is InChI=1S/C21H23N3O2/c1-15-8-10-16(11-9-15)18-7-4-12-23(18)14-21(26)24-13-20(25)22-17-5-2-3-6-19(17)24/h2-3,5-6,8-11,18H,4,7,12-14H2,1H3,(H,22,25). The minimum atomic E-state index is -0.145. The first-order valence-corrected chi connectivity index (χ1v) is 9.12. The Morgan fingerprint density at radius 1 is 1.15 bits per heavy atom. The van der Waals surface area contributed by atoms with Gasteiger partial charge < -0.3 is 5.32 Å². The molecule has 0 aromatic heterocycles. The number of hydrogen-bond acceptors (Lipinski definition) is 3. The molecule has 0 radical (unpaired) electrons. The van der Waals surface area contributed by atoms with Crippen LogP contribution in [0.1, 0.15) is 30.0 Å². The summed E-state index contributed by atoms with van der Waals surface area (Å²) in [4.78, 5) is 28.8. The number of aryl methyl sites for hydroxylation is 1. The normalized spacial score (nSPS) is 20.0. The summed E-state index contributed by atoms with van der Waals surface area (Å²) < 4.78 is 0. The Hall–Kier alpha value is -2.66. The average molecular weight is 349 g/mol. The fourth-order valence-corrected chi connectivity index (χ4v) is 3.90. The molecule has 1 fully saturated rings. The molecule has 4 rings (SSSR count). The number of likely N-dealkylation sites (tertiary alicyclic amines) is 1. The van der Waals surface area contributed by atoms with Gasteiger partial charge in [-0.1, -0.05) is 42.0 Å². The molecule has 5 heteroatoms. The molecular formula is C21H23N3O2. The molecule has 1 N–H and O–H groups in total. The second-order valence-electron chi connectivity index (χ2n) is 7.08. The summed E-state index contributed by atoms with van der Waals surface area (Å²) in [5, 5.41) is 2.83. The van der Waals surface area contributed by atoms with Crippen molar-refractivity contribution in [3.8, 4) is 0 Å². The summed E-state index contributed by atoms with van der Waals surface area (Å²) in [6.45, 7) is 3.41. The molecule has 2 aliphatic heterocycles. The van der Waals surface area contributed by atoms with E-state index in [1.54, 1.807) is 4.90 Å². The fraction of sp³-hybridized carbons (Fsp3) is 0.333. The third-order valence-corrected chi connectivity index (χ3v) is 5.24. The Bertz CT molecular complexity index is 831. The van der Waals surface area contributed by atoms with E-state index in [0.717, 1.165) is 25.1 Å². The van der Waals surface area contributed by atoms with Crippen molar-refractivity contribution in [3.63, 3.8) is 0 Å². The van der Waals surface area contributed by atoms with Gasteiger partial charge in [0.05, 0.1) is 17.9 Å². The number of hydrogen-bond donors (Lipinski definition) is 1. The van der Waals surface area contributed by atoms with E-state index >= 15 is 0 Å². The van der Waals surface area contributed by atoms with Gasteiger partial charge in [0.15, 0.2) is 0 Å². The Morgan fingerprint density at radius 2 is 1.92 bits per heavy atom. The van der Waals surface area contributed by atoms with E-state index in [2.05, 4.69) is 41.4 Å². The van der Waals surface area contributed by atoms with Crippen LogP contribution in [0.5, 0.6) is 0 Å². The van der Waals surface area contributed by atoms with Crippen LogP contribution in [0.2, 0.25) is 0 Å². The lowest BCUT2D eigenvalue weighted by Gasteiger charge is -2.32. The lowest BCUT2D eigenvalue weighted by molar-refractivity contribution is -0.122. The Labute approximate surface area is 153 Å². The Balaban J connectivity index is 1.52. The number of nitrogens with zero attached hydrogens (tertiary/aromatic N) is 2. The lowest BCUT2D eigenvalue weighted by Crippen LogP contribution is -2.46. The van der Waals surface area contributed by atoms with Crippen molar-refractivity contribution in [3.05, 3.63) is 59.7 Å². The van der Waals surface area contributed by atoms with Crippen molar-refractivity contribution in [2.45, 2.75) is 25.8 Å². The van der Waals surface area contributed by atoms with Crippen LogP contribution in [0.4, 0.5) is 11.4 Å². The predicted octanol–water partition coefficient (Wildman–Crippen LogP) is 3.12. The molecule has 5 nitrogen and oxygen atoms in total. The largest absolute Gasteiger partial charge is 0.323 e. The first-order chi connectivity index (χ1) is 12.6. The maximum absolute atomic E-state index is 13.0. The summed E-state index contributed by atoms with van der Waals surface area (Å²) in [5.41, 5.74) is 3.99. The lowest BCUT2D eigenvalue weighted by atomic mass is 10.0. The molecular weight excluding hydrogens is 326 g/mol. The van der Waals surface area contributed by atoms with Crippen LogP contribution in [-0.2, 0) is 9.59 Å². The van der Waals surface area contributed by atoms with Gasteiger partial charge in [-0.05, 0) is 44.0 Å². The van der Waals surface area contributed by atoms with Crippen molar-refractivity contribution >= 4 is 23.2 Å². The van der Waals surface area contributed by atoms with Crippen LogP contribution in [0, 0.1) is 6.92 Å². The van der Waals surface area contributed by atoms with E-state index in [1.165, 1.54) is 11.1 Å². The van der Waals surface area contributed by atoms with Crippen molar-refractivity contribution in [1.82, 2.24) is 4.90 Å². The smallest absolute Gasteiger partial charge is 0.244 e. The van der Waals surface area contributed by atoms with Crippen molar-refractivity contribution < 1.29 is 9.59 Å². The highest BCUT2D eigenvalue weighted by Crippen LogP contribution is 2.33. The molecule has 0 saturated carbocycles. The number of para-hydroxylation sites is 2. The number of nitrogens with one attached hydrogen (secondary N) is 1. The van der Waals surface area contributed by atoms with Crippen LogP contribution >= 0.6 is 0 Å². The third-order valence-electron chi connectivity index (χ3n) is 5.24. The molecule has 26 heavy (non-hydrogen) atoms. The Morgan fingerprint density at radius 3 is 2.73 bits per heavy atom. The van der Waals surface area contributed by atoms with Gasteiger partial charge in [-0.15, -0.1) is 0 Å². The van der Waals surface area contributed by atoms with Crippen molar-refractivity contribution in [2.24, 2.45) is 0 Å². The van der Waals surface area contributed by atoms with Gasteiger partial charge in [-0.2, -0.15) is 0 Å². The summed E-state index contributed by atoms with van der Waals surface area (Å²) in [7, 11) is 0. The minimum Gasteiger partial charge on any atom is -0.323 e. The molecule has 2 aromatic rings. The molecule has 2 aliphatic rings. The summed E-state index contributed by atoms with van der Waals surface area (Å²) in [5.74, 6) is -0.167. The van der Waals surface area contributed by atoms with Crippen LogP contribution < -0.4 is 10.2 Å². The Kier molecular flexibility index (Phi) is 4.47. The molecule has 0 spiro atoms. The second-order valence-corrected chi connectivity index (χ2v) is 7.08. The zero-order chi connectivity index (χ0) is 18.1. The second kappa shape index (κ2) is 6.92. The first kappa shape index (κ1) is 16.8. The number of carbonyl (C=O) groups is 2. The monoisotopic (exact) mass is 349 g/mol. The molecule has 2 aromatic carbocycles. The van der Waals surface area contributed by atoms with E-state index in [1.807, 2.05) is 24.3 Å². The molecule has 134 valence electrons. The topological polar surface area (TPSA) is 52.7 Å². The van der Waals surface area contributed by atoms with Crippen molar-refractivity contribution in [1.29, 1.82) is 0 Å². The zero-order valence-electron chi connectivity index (χ0n) is 14.9. The molecule has 1 unspecified atom stereocenters. The third kappa shape index (κ3) is 3.22. The maximum atomic E-state index is 13.0. The van der Waals surface area contributed by atoms with Gasteiger partial charge in [-0.3, -0.25) is 19.4 Å². The molecule has 2 heterocycles. The van der Waals surface area contributed by atoms with Gasteiger partial charge >= 0.3 is 0 Å². The van der Waals surface area contributed by atoms with Crippen LogP contribution in [-0.4, -0.2) is 36.3 Å². The highest BCUT2D eigenvalue weighted by atomic mass is 16.2. The van der Waals surface area contributed by atoms with E-state index in [4.69, 9.17) is 0 Å². The van der Waals surface area contributed by atoms with Crippen LogP contribution in [0.3, 0.4) is 0 Å². The van der Waals surface area contributed by atoms with E-state index in [9.17, 15) is 9.59 Å². The van der Waals surface area contributed by atoms with E-state index in [-0.39, 0.29) is 24.4 Å². The zero-order valence-corrected chi connectivity index (χ0v) is 14.9. The fourth-order valence-electron chi connectivity index (χ4n) is 3.90. The highest BCUT2D eigenvalue weighted by Gasteiger charge is 2.32. The van der Waals surface area contributed by atoms with E-state index in [0.29, 0.717) is 12.2 Å². The van der Waals surface area contributed by atoms with Gasteiger partial charge in [0.2, 0.25) is 11.8 Å². The summed E-state index contributed by atoms with van der Waals surface area (Å²) in [6.07, 6.45) is 2.15. The summed E-state index contributed by atoms with van der Waals surface area (Å²) in [6, 6.07) is 16.3. The van der Waals surface area contributed by atoms with Gasteiger partial charge in [0, 0.05) is 6.04 Å². The number of fused-ring (bicyclic) bond motifs is 1. The van der Waals surface area contributed by atoms with Gasteiger partial charge in [-0.25, -0.2) is 0 Å². The highest BCUT2D eigenvalue weighted by molar-refractivity contribution is 6.10. The number of carbonyl (C=O) groups excluding carboxylic acids is 2. The molecule has 0 aliphatic carbocycles. The molecule has 0 bridgehead atoms. The van der Waals surface area contributed by atoms with Crippen LogP contribution in [0.15, 0.2) is 48.5 Å². The molecule has 1 saturated heterocycles. The minimum absolute atomic E-state index is 0.0219. The number of benzene rings is 2.